The van der Waals surface area contributed by atoms with Crippen LogP contribution in [0.2, 0.25) is 0 Å². The smallest absolute Gasteiger partial charge is 0.0215 e. The van der Waals surface area contributed by atoms with Crippen LogP contribution in [0.25, 0.3) is 22.3 Å². The van der Waals surface area contributed by atoms with Gasteiger partial charge in [-0.25, -0.2) is 0 Å². The molecule has 0 heterocycles. The van der Waals surface area contributed by atoms with E-state index < -0.39 is 0 Å². The molecule has 0 saturated carbocycles. The molecule has 0 spiro atoms. The van der Waals surface area contributed by atoms with Gasteiger partial charge in [0, 0.05) is 9.13 Å². The van der Waals surface area contributed by atoms with Gasteiger partial charge in [-0.2, -0.15) is 0 Å². The van der Waals surface area contributed by atoms with Crippen LogP contribution in [0, 0.1) is 3.57 Å². The second kappa shape index (κ2) is 6.48. The minimum Gasteiger partial charge on any atom is -0.0622 e. The van der Waals surface area contributed by atoms with Crippen LogP contribution < -0.4 is 0 Å². The first kappa shape index (κ1) is 16.3. The molecule has 0 aliphatic carbocycles. The first-order chi connectivity index (χ1) is 11.0. The fourth-order valence-corrected chi connectivity index (χ4v) is 3.75. The Kier molecular flexibility index (Phi) is 4.58. The van der Waals surface area contributed by atoms with Crippen molar-refractivity contribution in [3.8, 4) is 22.3 Å². The molecule has 0 saturated heterocycles. The van der Waals surface area contributed by atoms with Crippen LogP contribution in [-0.4, -0.2) is 0 Å². The van der Waals surface area contributed by atoms with E-state index in [1.54, 1.807) is 0 Å². The van der Waals surface area contributed by atoms with Crippen molar-refractivity contribution < 1.29 is 0 Å². The minimum atomic E-state index is 0.0963. The molecule has 0 N–H and O–H groups in total. The molecular formula is C22H21I. The third-order valence-corrected chi connectivity index (χ3v) is 4.99. The number of halogens is 1. The van der Waals surface area contributed by atoms with Crippen molar-refractivity contribution in [1.82, 2.24) is 0 Å². The molecule has 0 aliphatic heterocycles. The van der Waals surface area contributed by atoms with Gasteiger partial charge in [0.05, 0.1) is 0 Å². The van der Waals surface area contributed by atoms with Gasteiger partial charge in [0.25, 0.3) is 0 Å². The lowest BCUT2D eigenvalue weighted by Crippen LogP contribution is -2.14. The lowest BCUT2D eigenvalue weighted by atomic mass is 9.79. The molecule has 3 rings (SSSR count). The summed E-state index contributed by atoms with van der Waals surface area (Å²) in [7, 11) is 0. The first-order valence-electron chi connectivity index (χ1n) is 7.92. The second-order valence-electron chi connectivity index (χ2n) is 6.83. The fraction of sp³-hybridized carbons (Fsp3) is 0.182. The molecule has 0 fully saturated rings. The third kappa shape index (κ3) is 3.35. The first-order valence-corrected chi connectivity index (χ1v) is 9.00. The largest absolute Gasteiger partial charge is 0.0622 e. The monoisotopic (exact) mass is 412 g/mol. The number of hydrogen-bond donors (Lipinski definition) is 0. The van der Waals surface area contributed by atoms with E-state index in [1.165, 1.54) is 31.4 Å². The Morgan fingerprint density at radius 2 is 1.09 bits per heavy atom. The average Bonchev–Trinajstić information content (AvgIpc) is 2.55. The Hall–Kier alpha value is -1.61. The molecule has 0 bridgehead atoms. The maximum absolute atomic E-state index is 2.46. The van der Waals surface area contributed by atoms with E-state index in [4.69, 9.17) is 0 Å². The predicted octanol–water partition coefficient (Wildman–Crippen LogP) is 6.92. The van der Waals surface area contributed by atoms with Crippen LogP contribution in [0.5, 0.6) is 0 Å². The number of rotatable bonds is 2. The van der Waals surface area contributed by atoms with E-state index in [2.05, 4.69) is 116 Å². The van der Waals surface area contributed by atoms with Crippen molar-refractivity contribution >= 4 is 22.6 Å². The van der Waals surface area contributed by atoms with E-state index in [1.807, 2.05) is 0 Å². The van der Waals surface area contributed by atoms with Crippen molar-refractivity contribution in [3.63, 3.8) is 0 Å². The molecule has 0 nitrogen and oxygen atoms in total. The Labute approximate surface area is 152 Å². The minimum absolute atomic E-state index is 0.0963. The van der Waals surface area contributed by atoms with Gasteiger partial charge in [-0.3, -0.25) is 0 Å². The highest BCUT2D eigenvalue weighted by Gasteiger charge is 2.23. The molecule has 3 aromatic rings. The zero-order valence-corrected chi connectivity index (χ0v) is 16.0. The highest BCUT2D eigenvalue weighted by molar-refractivity contribution is 14.1. The van der Waals surface area contributed by atoms with Crippen molar-refractivity contribution in [3.05, 3.63) is 81.9 Å². The predicted molar refractivity (Wildman–Crippen MR) is 109 cm³/mol. The summed E-state index contributed by atoms with van der Waals surface area (Å²) >= 11 is 2.46. The molecule has 0 atom stereocenters. The third-order valence-electron chi connectivity index (χ3n) is 4.09. The standard InChI is InChI=1S/C22H21I/c1-22(2,3)18-14-15-19(23)21(17-12-8-5-9-13-17)20(18)16-10-6-4-7-11-16/h4-15H,1-3H3. The lowest BCUT2D eigenvalue weighted by molar-refractivity contribution is 0.592. The Bertz CT molecular complexity index is 797. The maximum atomic E-state index is 2.46. The van der Waals surface area contributed by atoms with Crippen LogP contribution in [0.1, 0.15) is 26.3 Å². The summed E-state index contributed by atoms with van der Waals surface area (Å²) in [5, 5.41) is 0. The molecule has 3 aromatic carbocycles. The molecule has 0 aliphatic rings. The highest BCUT2D eigenvalue weighted by Crippen LogP contribution is 2.42. The van der Waals surface area contributed by atoms with Crippen molar-refractivity contribution in [2.45, 2.75) is 26.2 Å². The molecule has 0 radical (unpaired) electrons. The summed E-state index contributed by atoms with van der Waals surface area (Å²) < 4.78 is 1.29. The van der Waals surface area contributed by atoms with Crippen LogP contribution in [-0.2, 0) is 5.41 Å². The Balaban J connectivity index is 2.39. The molecule has 0 aromatic heterocycles. The number of hydrogen-bond acceptors (Lipinski definition) is 0. The van der Waals surface area contributed by atoms with Crippen LogP contribution in [0.3, 0.4) is 0 Å². The summed E-state index contributed by atoms with van der Waals surface area (Å²) in [6.07, 6.45) is 0. The van der Waals surface area contributed by atoms with Gasteiger partial charge in [0.15, 0.2) is 0 Å². The van der Waals surface area contributed by atoms with E-state index in [0.29, 0.717) is 0 Å². The summed E-state index contributed by atoms with van der Waals surface area (Å²) in [5.41, 5.74) is 6.75. The molecule has 116 valence electrons. The summed E-state index contributed by atoms with van der Waals surface area (Å²) in [4.78, 5) is 0. The van der Waals surface area contributed by atoms with Crippen LogP contribution in [0.15, 0.2) is 72.8 Å². The Morgan fingerprint density at radius 1 is 0.609 bits per heavy atom. The normalized spacial score (nSPS) is 11.5. The zero-order chi connectivity index (χ0) is 16.4. The van der Waals surface area contributed by atoms with Gasteiger partial charge in [0.1, 0.15) is 0 Å². The van der Waals surface area contributed by atoms with Gasteiger partial charge < -0.3 is 0 Å². The SMILES string of the molecule is CC(C)(C)c1ccc(I)c(-c2ccccc2)c1-c1ccccc1. The zero-order valence-electron chi connectivity index (χ0n) is 13.8. The quantitative estimate of drug-likeness (QED) is 0.401. The summed E-state index contributed by atoms with van der Waals surface area (Å²) in [6.45, 7) is 6.86. The van der Waals surface area contributed by atoms with Gasteiger partial charge in [-0.05, 0) is 56.3 Å². The van der Waals surface area contributed by atoms with Crippen molar-refractivity contribution in [1.29, 1.82) is 0 Å². The van der Waals surface area contributed by atoms with Crippen molar-refractivity contribution in [2.75, 3.05) is 0 Å². The fourth-order valence-electron chi connectivity index (χ4n) is 2.99. The van der Waals surface area contributed by atoms with E-state index >= 15 is 0 Å². The summed E-state index contributed by atoms with van der Waals surface area (Å²) in [5.74, 6) is 0. The van der Waals surface area contributed by atoms with Gasteiger partial charge in [-0.1, -0.05) is 87.5 Å². The van der Waals surface area contributed by atoms with Crippen LogP contribution >= 0.6 is 22.6 Å². The topological polar surface area (TPSA) is 0 Å². The van der Waals surface area contributed by atoms with E-state index in [9.17, 15) is 0 Å². The summed E-state index contributed by atoms with van der Waals surface area (Å²) in [6, 6.07) is 26.0. The maximum Gasteiger partial charge on any atom is 0.0215 e. The highest BCUT2D eigenvalue weighted by atomic mass is 127. The second-order valence-corrected chi connectivity index (χ2v) is 7.99. The molecular weight excluding hydrogens is 391 g/mol. The molecule has 1 heteroatoms. The molecule has 0 amide bonds. The van der Waals surface area contributed by atoms with Crippen LogP contribution in [0.4, 0.5) is 0 Å². The van der Waals surface area contributed by atoms with Gasteiger partial charge in [-0.15, -0.1) is 0 Å². The molecule has 23 heavy (non-hydrogen) atoms. The van der Waals surface area contributed by atoms with E-state index in [0.717, 1.165) is 0 Å². The van der Waals surface area contributed by atoms with Crippen molar-refractivity contribution in [2.24, 2.45) is 0 Å². The van der Waals surface area contributed by atoms with E-state index in [-0.39, 0.29) is 5.41 Å². The Morgan fingerprint density at radius 3 is 1.57 bits per heavy atom. The average molecular weight is 412 g/mol. The number of benzene rings is 3. The van der Waals surface area contributed by atoms with Gasteiger partial charge in [0.2, 0.25) is 0 Å². The lowest BCUT2D eigenvalue weighted by Gasteiger charge is -2.26. The van der Waals surface area contributed by atoms with Gasteiger partial charge >= 0.3 is 0 Å². The molecule has 0 unspecified atom stereocenters.